The van der Waals surface area contributed by atoms with Crippen LogP contribution in [0.4, 0.5) is 18.9 Å². The van der Waals surface area contributed by atoms with Crippen molar-refractivity contribution in [3.63, 3.8) is 0 Å². The van der Waals surface area contributed by atoms with Gasteiger partial charge < -0.3 is 30.9 Å². The number of nitrogens with one attached hydrogen (secondary N) is 2. The molecule has 0 saturated heterocycles. The molecule has 1 aromatic carbocycles. The average molecular weight is 565 g/mol. The van der Waals surface area contributed by atoms with Crippen LogP contribution in [0, 0.1) is 13.8 Å². The van der Waals surface area contributed by atoms with Crippen LogP contribution in [-0.4, -0.2) is 57.6 Å². The summed E-state index contributed by atoms with van der Waals surface area (Å²) < 4.78 is 65.6. The third kappa shape index (κ3) is 10.4. The molecule has 0 unspecified atom stereocenters. The van der Waals surface area contributed by atoms with Gasteiger partial charge in [0.25, 0.3) is 15.6 Å². The van der Waals surface area contributed by atoms with Crippen molar-refractivity contribution in [2.24, 2.45) is 16.6 Å². The highest BCUT2D eigenvalue weighted by atomic mass is 32.2. The molecule has 0 radical (unpaired) electrons. The molecular weight excluding hydrogens is 537 g/mol. The van der Waals surface area contributed by atoms with Crippen LogP contribution in [0.5, 0.6) is 5.75 Å². The van der Waals surface area contributed by atoms with Crippen molar-refractivity contribution < 1.29 is 40.8 Å². The lowest BCUT2D eigenvalue weighted by molar-refractivity contribution is -0.156. The minimum absolute atomic E-state index is 0.0235. The first-order valence-corrected chi connectivity index (χ1v) is 12.0. The summed E-state index contributed by atoms with van der Waals surface area (Å²) in [5, 5.41) is 5.86. The third-order valence-corrected chi connectivity index (χ3v) is 5.75. The number of aromatic nitrogens is 1. The maximum Gasteiger partial charge on any atom is 0.446 e. The lowest BCUT2D eigenvalue weighted by Gasteiger charge is -2.15. The number of carbonyl (C=O) groups excluding carboxylic acids is 2. The molecule has 1 heterocycles. The first-order chi connectivity index (χ1) is 17.6. The Bertz CT molecular complexity index is 1320. The van der Waals surface area contributed by atoms with Crippen molar-refractivity contribution >= 4 is 33.9 Å². The molecule has 1 amide bonds. The van der Waals surface area contributed by atoms with Gasteiger partial charge >= 0.3 is 6.18 Å². The van der Waals surface area contributed by atoms with Crippen molar-refractivity contribution in [3.05, 3.63) is 51.9 Å². The lowest BCUT2D eigenvalue weighted by atomic mass is 10.2. The van der Waals surface area contributed by atoms with Crippen LogP contribution in [0.25, 0.3) is 0 Å². The molecule has 0 atom stereocenters. The SMILES string of the molecule is COc1ccc(C)cc1S(=O)(=O)Nc1ccc(C)n(CC(=O)NCCON=C(N)N)c1=O.O=CC(F)(F)F. The third-order valence-electron chi connectivity index (χ3n) is 4.37. The molecule has 0 aliphatic rings. The fourth-order valence-electron chi connectivity index (χ4n) is 2.69. The number of ether oxygens (including phenoxy) is 1. The number of nitrogens with zero attached hydrogens (tertiary/aromatic N) is 2. The molecule has 0 fully saturated rings. The van der Waals surface area contributed by atoms with Crippen LogP contribution in [0.2, 0.25) is 0 Å². The second-order valence-electron chi connectivity index (χ2n) is 7.40. The molecule has 2 aromatic rings. The topological polar surface area (TPSA) is 197 Å². The number of aryl methyl sites for hydroxylation is 2. The number of alkyl halides is 3. The number of sulfonamides is 1. The summed E-state index contributed by atoms with van der Waals surface area (Å²) in [7, 11) is -2.77. The number of carbonyl (C=O) groups is 2. The Hall–Kier alpha value is -4.28. The van der Waals surface area contributed by atoms with Crippen LogP contribution in [0.15, 0.2) is 45.2 Å². The molecule has 0 bridgehead atoms. The number of hydrogen-bond donors (Lipinski definition) is 4. The molecular formula is C21H27F3N6O7S. The first-order valence-electron chi connectivity index (χ1n) is 10.5. The van der Waals surface area contributed by atoms with Crippen molar-refractivity contribution in [3.8, 4) is 5.75 Å². The molecule has 0 spiro atoms. The first kappa shape index (κ1) is 31.7. The van der Waals surface area contributed by atoms with E-state index in [9.17, 15) is 31.2 Å². The number of nitrogens with two attached hydrogens (primary N) is 2. The van der Waals surface area contributed by atoms with Gasteiger partial charge in [-0.2, -0.15) is 13.2 Å². The summed E-state index contributed by atoms with van der Waals surface area (Å²) in [5.74, 6) is -0.595. The number of oxime groups is 1. The Kier molecular flexibility index (Phi) is 11.6. The summed E-state index contributed by atoms with van der Waals surface area (Å²) >= 11 is 0. The Morgan fingerprint density at radius 2 is 1.82 bits per heavy atom. The Morgan fingerprint density at radius 3 is 2.37 bits per heavy atom. The molecule has 17 heteroatoms. The van der Waals surface area contributed by atoms with Gasteiger partial charge in [0, 0.05) is 5.69 Å². The van der Waals surface area contributed by atoms with Crippen molar-refractivity contribution in [1.82, 2.24) is 9.88 Å². The molecule has 1 aromatic heterocycles. The number of aldehydes is 1. The van der Waals surface area contributed by atoms with E-state index < -0.39 is 34.0 Å². The largest absolute Gasteiger partial charge is 0.495 e. The Labute approximate surface area is 215 Å². The van der Waals surface area contributed by atoms with E-state index >= 15 is 0 Å². The Balaban J connectivity index is 0.00000107. The highest BCUT2D eigenvalue weighted by Crippen LogP contribution is 2.26. The highest BCUT2D eigenvalue weighted by Gasteiger charge is 2.25. The van der Waals surface area contributed by atoms with Crippen LogP contribution in [0.3, 0.4) is 0 Å². The number of guanidine groups is 1. The molecule has 210 valence electrons. The van der Waals surface area contributed by atoms with E-state index in [4.69, 9.17) is 25.8 Å². The van der Waals surface area contributed by atoms with Gasteiger partial charge in [-0.25, -0.2) is 8.42 Å². The second kappa shape index (κ2) is 13.9. The molecule has 0 aliphatic carbocycles. The number of rotatable bonds is 10. The molecule has 0 saturated carbocycles. The normalized spacial score (nSPS) is 10.9. The summed E-state index contributed by atoms with van der Waals surface area (Å²) in [5.41, 5.74) is 10.5. The smallest absolute Gasteiger partial charge is 0.446 e. The van der Waals surface area contributed by atoms with Crippen LogP contribution < -0.4 is 31.8 Å². The van der Waals surface area contributed by atoms with Gasteiger partial charge in [0.15, 0.2) is 0 Å². The van der Waals surface area contributed by atoms with Gasteiger partial charge in [-0.3, -0.25) is 19.1 Å². The van der Waals surface area contributed by atoms with Gasteiger partial charge in [0.2, 0.25) is 18.2 Å². The average Bonchev–Trinajstić information content (AvgIpc) is 2.83. The van der Waals surface area contributed by atoms with Gasteiger partial charge in [-0.05, 0) is 48.8 Å². The van der Waals surface area contributed by atoms with Crippen molar-refractivity contribution in [2.75, 3.05) is 25.0 Å². The summed E-state index contributed by atoms with van der Waals surface area (Å²) in [6.07, 6.45) is -5.70. The van der Waals surface area contributed by atoms with Crippen LogP contribution >= 0.6 is 0 Å². The van der Waals surface area contributed by atoms with E-state index in [1.165, 1.54) is 31.4 Å². The van der Waals surface area contributed by atoms with E-state index in [1.54, 1.807) is 19.9 Å². The fourth-order valence-corrected chi connectivity index (χ4v) is 4.01. The summed E-state index contributed by atoms with van der Waals surface area (Å²) in [6, 6.07) is 7.54. The predicted octanol–water partition coefficient (Wildman–Crippen LogP) is 0.343. The number of benzene rings is 1. The van der Waals surface area contributed by atoms with E-state index in [0.717, 1.165) is 4.57 Å². The zero-order valence-corrected chi connectivity index (χ0v) is 21.4. The minimum atomic E-state index is -4.64. The number of pyridine rings is 1. The molecule has 0 aliphatic heterocycles. The number of halogens is 3. The van der Waals surface area contributed by atoms with Crippen molar-refractivity contribution in [1.29, 1.82) is 0 Å². The number of methoxy groups -OCH3 is 1. The second-order valence-corrected chi connectivity index (χ2v) is 9.05. The fraction of sp³-hybridized carbons (Fsp3) is 0.333. The highest BCUT2D eigenvalue weighted by molar-refractivity contribution is 7.92. The Morgan fingerprint density at radius 1 is 1.18 bits per heavy atom. The van der Waals surface area contributed by atoms with E-state index in [1.807, 2.05) is 0 Å². The molecule has 2 rings (SSSR count). The monoisotopic (exact) mass is 564 g/mol. The molecule has 6 N–H and O–H groups in total. The zero-order valence-electron chi connectivity index (χ0n) is 20.5. The molecule has 38 heavy (non-hydrogen) atoms. The number of amides is 1. The minimum Gasteiger partial charge on any atom is -0.495 e. The van der Waals surface area contributed by atoms with Gasteiger partial charge in [0.1, 0.15) is 29.5 Å². The van der Waals surface area contributed by atoms with E-state index in [2.05, 4.69) is 15.2 Å². The van der Waals surface area contributed by atoms with Gasteiger partial charge in [-0.1, -0.05) is 6.07 Å². The quantitative estimate of drug-likeness (QED) is 0.103. The van der Waals surface area contributed by atoms with Crippen LogP contribution in [0.1, 0.15) is 11.3 Å². The maximum atomic E-state index is 12.9. The standard InChI is InChI=1S/C19H26N6O6S.C2HF3O/c1-12-4-7-15(30-3)16(10-12)32(28,29)24-14-6-5-13(2)25(18(14)27)11-17(26)22-8-9-31-23-19(20)21;3-2(4,5)1-6/h4-7,10,24H,8-9,11H2,1-3H3,(H,22,26)(H4,20,21,23);1H. The van der Waals surface area contributed by atoms with E-state index in [0.29, 0.717) is 11.3 Å². The predicted molar refractivity (Wildman–Crippen MR) is 131 cm³/mol. The number of hydrogen-bond acceptors (Lipinski definition) is 8. The van der Waals surface area contributed by atoms with Gasteiger partial charge in [-0.15, -0.1) is 0 Å². The lowest BCUT2D eigenvalue weighted by Crippen LogP contribution is -2.36. The van der Waals surface area contributed by atoms with E-state index in [-0.39, 0.29) is 42.0 Å². The molecule has 13 nitrogen and oxygen atoms in total. The number of anilines is 1. The van der Waals surface area contributed by atoms with Crippen LogP contribution in [-0.2, 0) is 31.0 Å². The maximum absolute atomic E-state index is 12.9. The zero-order chi connectivity index (χ0) is 29.1. The summed E-state index contributed by atoms with van der Waals surface area (Å²) in [6.45, 7) is 3.16. The van der Waals surface area contributed by atoms with Crippen molar-refractivity contribution in [2.45, 2.75) is 31.5 Å². The summed E-state index contributed by atoms with van der Waals surface area (Å²) in [4.78, 5) is 38.4. The van der Waals surface area contributed by atoms with Gasteiger partial charge in [0.05, 0.1) is 13.7 Å².